The number of morpholine rings is 1. The van der Waals surface area contributed by atoms with Crippen molar-refractivity contribution in [2.24, 2.45) is 0 Å². The molecule has 1 atom stereocenters. The average molecular weight is 304 g/mol. The quantitative estimate of drug-likeness (QED) is 0.805. The second kappa shape index (κ2) is 6.88. The van der Waals surface area contributed by atoms with Gasteiger partial charge in [0.15, 0.2) is 17.5 Å². The van der Waals surface area contributed by atoms with E-state index in [1.807, 2.05) is 0 Å². The van der Waals surface area contributed by atoms with Crippen molar-refractivity contribution in [3.63, 3.8) is 0 Å². The van der Waals surface area contributed by atoms with Crippen LogP contribution >= 0.6 is 0 Å². The molecule has 0 radical (unpaired) electrons. The monoisotopic (exact) mass is 304 g/mol. The van der Waals surface area contributed by atoms with Crippen molar-refractivity contribution >= 4 is 11.6 Å². The van der Waals surface area contributed by atoms with Crippen LogP contribution in [-0.2, 0) is 9.53 Å². The average Bonchev–Trinajstić information content (AvgIpc) is 2.48. The van der Waals surface area contributed by atoms with Crippen LogP contribution in [0.4, 0.5) is 18.9 Å². The summed E-state index contributed by atoms with van der Waals surface area (Å²) in [4.78, 5) is 13.5. The topological polar surface area (TPSA) is 61.8 Å². The lowest BCUT2D eigenvalue weighted by atomic mass is 10.2. The molecule has 1 unspecified atom stereocenters. The molecule has 1 aliphatic rings. The predicted octanol–water partition coefficient (Wildman–Crippen LogP) is 0.736. The highest BCUT2D eigenvalue weighted by Gasteiger charge is 2.22. The first-order valence-corrected chi connectivity index (χ1v) is 6.39. The van der Waals surface area contributed by atoms with Crippen molar-refractivity contribution in [3.05, 3.63) is 29.6 Å². The van der Waals surface area contributed by atoms with Crippen molar-refractivity contribution in [2.75, 3.05) is 38.2 Å². The van der Waals surface area contributed by atoms with Gasteiger partial charge >= 0.3 is 0 Å². The molecule has 0 spiro atoms. The van der Waals surface area contributed by atoms with Gasteiger partial charge in [0, 0.05) is 13.1 Å². The molecule has 0 bridgehead atoms. The Morgan fingerprint density at radius 3 is 2.86 bits per heavy atom. The molecule has 1 amide bonds. The molecule has 1 aromatic rings. The van der Waals surface area contributed by atoms with Crippen LogP contribution in [-0.4, -0.2) is 54.9 Å². The van der Waals surface area contributed by atoms with Gasteiger partial charge in [0.2, 0.25) is 5.91 Å². The molecule has 2 N–H and O–H groups in total. The molecule has 8 heteroatoms. The van der Waals surface area contributed by atoms with E-state index in [4.69, 9.17) is 9.84 Å². The lowest BCUT2D eigenvalue weighted by Crippen LogP contribution is -2.46. The van der Waals surface area contributed by atoms with E-state index in [0.29, 0.717) is 19.7 Å². The van der Waals surface area contributed by atoms with Gasteiger partial charge in [-0.2, -0.15) is 0 Å². The molecule has 5 nitrogen and oxygen atoms in total. The molecule has 0 saturated carbocycles. The van der Waals surface area contributed by atoms with Gasteiger partial charge in [0.25, 0.3) is 0 Å². The van der Waals surface area contributed by atoms with Gasteiger partial charge in [-0.05, 0) is 12.1 Å². The van der Waals surface area contributed by atoms with E-state index >= 15 is 0 Å². The van der Waals surface area contributed by atoms with E-state index < -0.39 is 29.0 Å². The third-order valence-corrected chi connectivity index (χ3v) is 3.10. The number of nitrogens with zero attached hydrogens (tertiary/aromatic N) is 1. The Kier molecular flexibility index (Phi) is 5.16. The summed E-state index contributed by atoms with van der Waals surface area (Å²) in [5.41, 5.74) is -0.411. The summed E-state index contributed by atoms with van der Waals surface area (Å²) in [6.07, 6.45) is -0.369. The molecule has 21 heavy (non-hydrogen) atoms. The summed E-state index contributed by atoms with van der Waals surface area (Å²) in [5.74, 6) is -4.93. The van der Waals surface area contributed by atoms with Crippen LogP contribution < -0.4 is 5.32 Å². The molecule has 1 aliphatic heterocycles. The van der Waals surface area contributed by atoms with Crippen LogP contribution in [0.5, 0.6) is 0 Å². The Morgan fingerprint density at radius 1 is 1.38 bits per heavy atom. The highest BCUT2D eigenvalue weighted by Crippen LogP contribution is 2.19. The minimum Gasteiger partial charge on any atom is -0.394 e. The fourth-order valence-electron chi connectivity index (χ4n) is 2.05. The van der Waals surface area contributed by atoms with E-state index in [9.17, 15) is 18.0 Å². The zero-order chi connectivity index (χ0) is 15.4. The van der Waals surface area contributed by atoms with Gasteiger partial charge in [-0.1, -0.05) is 0 Å². The number of hydrogen-bond donors (Lipinski definition) is 2. The highest BCUT2D eigenvalue weighted by atomic mass is 19.2. The van der Waals surface area contributed by atoms with Crippen LogP contribution in [0.3, 0.4) is 0 Å². The fraction of sp³-hybridized carbons (Fsp3) is 0.462. The lowest BCUT2D eigenvalue weighted by Gasteiger charge is -2.31. The summed E-state index contributed by atoms with van der Waals surface area (Å²) in [7, 11) is 0. The van der Waals surface area contributed by atoms with Crippen molar-refractivity contribution in [3.8, 4) is 0 Å². The first-order chi connectivity index (χ1) is 10.0. The number of carbonyl (C=O) groups excluding carboxylic acids is 1. The molecule has 116 valence electrons. The molecule has 1 saturated heterocycles. The number of anilines is 1. The molecule has 2 rings (SSSR count). The second-order valence-corrected chi connectivity index (χ2v) is 4.68. The van der Waals surface area contributed by atoms with Gasteiger partial charge < -0.3 is 15.2 Å². The van der Waals surface area contributed by atoms with Crippen molar-refractivity contribution in [1.29, 1.82) is 0 Å². The van der Waals surface area contributed by atoms with E-state index in [1.54, 1.807) is 4.90 Å². The summed E-state index contributed by atoms with van der Waals surface area (Å²) in [5, 5.41) is 11.2. The molecule has 0 aromatic heterocycles. The van der Waals surface area contributed by atoms with E-state index in [0.717, 1.165) is 12.1 Å². The van der Waals surface area contributed by atoms with E-state index in [-0.39, 0.29) is 19.3 Å². The predicted molar refractivity (Wildman–Crippen MR) is 68.2 cm³/mol. The molecule has 1 aromatic carbocycles. The molecular weight excluding hydrogens is 289 g/mol. The Hall–Kier alpha value is -1.64. The van der Waals surface area contributed by atoms with Crippen LogP contribution in [0, 0.1) is 17.5 Å². The Morgan fingerprint density at radius 2 is 2.14 bits per heavy atom. The van der Waals surface area contributed by atoms with Gasteiger partial charge in [0.1, 0.15) is 0 Å². The number of ether oxygens (including phenoxy) is 1. The molecular formula is C13H15F3N2O3. The Labute approximate surface area is 119 Å². The van der Waals surface area contributed by atoms with Gasteiger partial charge in [-0.15, -0.1) is 0 Å². The summed E-state index contributed by atoms with van der Waals surface area (Å²) >= 11 is 0. The van der Waals surface area contributed by atoms with E-state index in [2.05, 4.69) is 5.32 Å². The molecule has 1 fully saturated rings. The van der Waals surface area contributed by atoms with Crippen LogP contribution in [0.25, 0.3) is 0 Å². The third-order valence-electron chi connectivity index (χ3n) is 3.10. The van der Waals surface area contributed by atoms with E-state index in [1.165, 1.54) is 0 Å². The first-order valence-electron chi connectivity index (χ1n) is 6.39. The van der Waals surface area contributed by atoms with Gasteiger partial charge in [-0.25, -0.2) is 13.2 Å². The van der Waals surface area contributed by atoms with Gasteiger partial charge in [0.05, 0.1) is 31.5 Å². The Bertz CT molecular complexity index is 528. The number of nitrogens with one attached hydrogen (secondary N) is 1. The number of aliphatic hydroxyl groups is 1. The van der Waals surface area contributed by atoms with Crippen molar-refractivity contribution < 1.29 is 27.8 Å². The molecule has 1 heterocycles. The third kappa shape index (κ3) is 3.93. The Balaban J connectivity index is 1.94. The molecule has 0 aliphatic carbocycles. The number of carbonyl (C=O) groups is 1. The SMILES string of the molecule is O=C(CN1CCOC(CO)C1)Nc1ccc(F)c(F)c1F. The number of hydrogen-bond acceptors (Lipinski definition) is 4. The minimum atomic E-state index is -1.63. The summed E-state index contributed by atoms with van der Waals surface area (Å²) in [6, 6.07) is 1.70. The number of rotatable bonds is 4. The minimum absolute atomic E-state index is 0.0572. The zero-order valence-electron chi connectivity index (χ0n) is 11.1. The zero-order valence-corrected chi connectivity index (χ0v) is 11.1. The normalized spacial score (nSPS) is 19.5. The second-order valence-electron chi connectivity index (χ2n) is 4.68. The van der Waals surface area contributed by atoms with Gasteiger partial charge in [-0.3, -0.25) is 9.69 Å². The van der Waals surface area contributed by atoms with Crippen molar-refractivity contribution in [1.82, 2.24) is 4.90 Å². The fourth-order valence-corrected chi connectivity index (χ4v) is 2.05. The maximum atomic E-state index is 13.4. The standard InChI is InChI=1S/C13H15F3N2O3/c14-9-1-2-10(13(16)12(9)15)17-11(20)6-18-3-4-21-8(5-18)7-19/h1-2,8,19H,3-7H2,(H,17,20). The van der Waals surface area contributed by atoms with Crippen molar-refractivity contribution in [2.45, 2.75) is 6.10 Å². The smallest absolute Gasteiger partial charge is 0.238 e. The number of halogens is 3. The lowest BCUT2D eigenvalue weighted by molar-refractivity contribution is -0.120. The van der Waals surface area contributed by atoms with Crippen LogP contribution in [0.2, 0.25) is 0 Å². The summed E-state index contributed by atoms with van der Waals surface area (Å²) in [6.45, 7) is 1.01. The maximum absolute atomic E-state index is 13.4. The van der Waals surface area contributed by atoms with Crippen LogP contribution in [0.15, 0.2) is 12.1 Å². The van der Waals surface area contributed by atoms with Crippen LogP contribution in [0.1, 0.15) is 0 Å². The first kappa shape index (κ1) is 15.7. The highest BCUT2D eigenvalue weighted by molar-refractivity contribution is 5.92. The maximum Gasteiger partial charge on any atom is 0.238 e. The number of amides is 1. The number of benzene rings is 1. The number of aliphatic hydroxyl groups excluding tert-OH is 1. The largest absolute Gasteiger partial charge is 0.394 e. The summed E-state index contributed by atoms with van der Waals surface area (Å²) < 4.78 is 44.5.